The zero-order valence-electron chi connectivity index (χ0n) is 13.2. The molecule has 1 N–H and O–H groups in total. The standard InChI is InChI=1S/C15H13BrN4O5/c1-9(21)25-14-6-12(16)10(5-13(14)24-2)7-18-19-15-4-3-11(8-17-15)20(22)23/h3-8H,1-2H3,(H,17,19). The maximum atomic E-state index is 11.1. The zero-order chi connectivity index (χ0) is 18.4. The van der Waals surface area contributed by atoms with Crippen molar-refractivity contribution < 1.29 is 19.2 Å². The van der Waals surface area contributed by atoms with Crippen LogP contribution in [-0.2, 0) is 4.79 Å². The van der Waals surface area contributed by atoms with Gasteiger partial charge in [-0.15, -0.1) is 0 Å². The lowest BCUT2D eigenvalue weighted by Crippen LogP contribution is -2.04. The van der Waals surface area contributed by atoms with Crippen molar-refractivity contribution in [3.05, 3.63) is 50.6 Å². The van der Waals surface area contributed by atoms with Gasteiger partial charge in [0, 0.05) is 23.0 Å². The maximum absolute atomic E-state index is 11.1. The van der Waals surface area contributed by atoms with Gasteiger partial charge in [0.05, 0.1) is 18.2 Å². The highest BCUT2D eigenvalue weighted by Crippen LogP contribution is 2.33. The maximum Gasteiger partial charge on any atom is 0.308 e. The number of esters is 1. The summed E-state index contributed by atoms with van der Waals surface area (Å²) in [6.07, 6.45) is 2.62. The minimum Gasteiger partial charge on any atom is -0.493 e. The van der Waals surface area contributed by atoms with Gasteiger partial charge >= 0.3 is 5.97 Å². The minimum atomic E-state index is -0.534. The SMILES string of the molecule is COc1cc(C=NNc2ccc([N+](=O)[O-])cn2)c(Br)cc1OC(C)=O. The molecule has 2 aromatic rings. The van der Waals surface area contributed by atoms with E-state index in [0.29, 0.717) is 21.6 Å². The summed E-state index contributed by atoms with van der Waals surface area (Å²) in [5.41, 5.74) is 3.21. The fraction of sp³-hybridized carbons (Fsp3) is 0.133. The Morgan fingerprint density at radius 3 is 2.72 bits per heavy atom. The van der Waals surface area contributed by atoms with Crippen molar-refractivity contribution in [3.8, 4) is 11.5 Å². The van der Waals surface area contributed by atoms with Gasteiger partial charge in [0.2, 0.25) is 0 Å². The summed E-state index contributed by atoms with van der Waals surface area (Å²) in [7, 11) is 1.45. The van der Waals surface area contributed by atoms with Crippen LogP contribution in [0.15, 0.2) is 40.0 Å². The van der Waals surface area contributed by atoms with Crippen LogP contribution in [0.25, 0.3) is 0 Å². The minimum absolute atomic E-state index is 0.108. The number of aromatic nitrogens is 1. The van der Waals surface area contributed by atoms with Crippen LogP contribution in [0.4, 0.5) is 11.5 Å². The Kier molecular flexibility index (Phi) is 6.01. The average Bonchev–Trinajstić information content (AvgIpc) is 2.56. The molecule has 2 rings (SSSR count). The van der Waals surface area contributed by atoms with Crippen LogP contribution >= 0.6 is 15.9 Å². The first-order valence-corrected chi connectivity index (χ1v) is 7.65. The van der Waals surface area contributed by atoms with Gasteiger partial charge in [-0.2, -0.15) is 5.10 Å². The second kappa shape index (κ2) is 8.20. The number of nitrogens with zero attached hydrogens (tertiary/aromatic N) is 3. The lowest BCUT2D eigenvalue weighted by Gasteiger charge is -2.10. The predicted molar refractivity (Wildman–Crippen MR) is 94.1 cm³/mol. The molecular formula is C15H13BrN4O5. The van der Waals surface area contributed by atoms with Gasteiger partial charge in [-0.3, -0.25) is 20.3 Å². The van der Waals surface area contributed by atoms with E-state index >= 15 is 0 Å². The number of nitrogens with one attached hydrogen (secondary N) is 1. The number of methoxy groups -OCH3 is 1. The molecule has 9 nitrogen and oxygen atoms in total. The number of pyridine rings is 1. The van der Waals surface area contributed by atoms with Gasteiger partial charge in [-0.1, -0.05) is 0 Å². The van der Waals surface area contributed by atoms with Gasteiger partial charge in [-0.25, -0.2) is 4.98 Å². The van der Waals surface area contributed by atoms with Crippen molar-refractivity contribution in [1.82, 2.24) is 4.98 Å². The fourth-order valence-corrected chi connectivity index (χ4v) is 2.20. The van der Waals surface area contributed by atoms with E-state index in [1.165, 1.54) is 32.4 Å². The van der Waals surface area contributed by atoms with E-state index in [1.54, 1.807) is 12.1 Å². The molecule has 0 radical (unpaired) electrons. The number of hydrogen-bond donors (Lipinski definition) is 1. The van der Waals surface area contributed by atoms with Crippen LogP contribution in [0.5, 0.6) is 11.5 Å². The van der Waals surface area contributed by atoms with E-state index in [9.17, 15) is 14.9 Å². The van der Waals surface area contributed by atoms with E-state index in [0.717, 1.165) is 6.20 Å². The Bertz CT molecular complexity index is 823. The molecule has 0 aliphatic rings. The molecule has 0 spiro atoms. The number of halogens is 1. The van der Waals surface area contributed by atoms with Crippen LogP contribution < -0.4 is 14.9 Å². The number of rotatable bonds is 6. The number of nitro groups is 1. The third-order valence-electron chi connectivity index (χ3n) is 2.88. The fourth-order valence-electron chi connectivity index (χ4n) is 1.77. The van der Waals surface area contributed by atoms with Crippen LogP contribution in [0.2, 0.25) is 0 Å². The third kappa shape index (κ3) is 4.98. The predicted octanol–water partition coefficient (Wildman–Crippen LogP) is 3.13. The topological polar surface area (TPSA) is 116 Å². The molecule has 1 heterocycles. The summed E-state index contributed by atoms with van der Waals surface area (Å²) in [5, 5.41) is 14.6. The van der Waals surface area contributed by atoms with E-state index in [4.69, 9.17) is 9.47 Å². The Hall–Kier alpha value is -3.01. The third-order valence-corrected chi connectivity index (χ3v) is 3.56. The molecule has 1 aromatic carbocycles. The summed E-state index contributed by atoms with van der Waals surface area (Å²) in [5.74, 6) is 0.538. The molecular weight excluding hydrogens is 396 g/mol. The highest BCUT2D eigenvalue weighted by molar-refractivity contribution is 9.10. The number of hydrogen-bond acceptors (Lipinski definition) is 8. The molecule has 0 bridgehead atoms. The van der Waals surface area contributed by atoms with E-state index < -0.39 is 10.9 Å². The van der Waals surface area contributed by atoms with Gasteiger partial charge in [0.15, 0.2) is 11.5 Å². The molecule has 0 aliphatic heterocycles. The van der Waals surface area contributed by atoms with Crippen molar-refractivity contribution >= 4 is 39.6 Å². The summed E-state index contributed by atoms with van der Waals surface area (Å²) in [6.45, 7) is 1.30. The molecule has 10 heteroatoms. The number of carbonyl (C=O) groups excluding carboxylic acids is 1. The molecule has 130 valence electrons. The zero-order valence-corrected chi connectivity index (χ0v) is 14.8. The first-order valence-electron chi connectivity index (χ1n) is 6.86. The summed E-state index contributed by atoms with van der Waals surface area (Å²) in [4.78, 5) is 25.0. The monoisotopic (exact) mass is 408 g/mol. The van der Waals surface area contributed by atoms with Gasteiger partial charge < -0.3 is 9.47 Å². The second-order valence-electron chi connectivity index (χ2n) is 4.65. The van der Waals surface area contributed by atoms with Gasteiger partial charge in [0.25, 0.3) is 5.69 Å². The van der Waals surface area contributed by atoms with Crippen LogP contribution in [0.1, 0.15) is 12.5 Å². The number of anilines is 1. The average molecular weight is 409 g/mol. The number of benzene rings is 1. The molecule has 0 fully saturated rings. The lowest BCUT2D eigenvalue weighted by molar-refractivity contribution is -0.385. The number of hydrazone groups is 1. The second-order valence-corrected chi connectivity index (χ2v) is 5.50. The molecule has 0 unspecified atom stereocenters. The molecule has 0 atom stereocenters. The summed E-state index contributed by atoms with van der Waals surface area (Å²) >= 11 is 3.36. The van der Waals surface area contributed by atoms with Crippen molar-refractivity contribution in [3.63, 3.8) is 0 Å². The van der Waals surface area contributed by atoms with Crippen molar-refractivity contribution in [2.24, 2.45) is 5.10 Å². The Morgan fingerprint density at radius 1 is 1.40 bits per heavy atom. The van der Waals surface area contributed by atoms with E-state index in [1.807, 2.05) is 0 Å². The molecule has 0 aliphatic carbocycles. The normalized spacial score (nSPS) is 10.5. The highest BCUT2D eigenvalue weighted by Gasteiger charge is 2.11. The first kappa shape index (κ1) is 18.3. The Labute approximate surface area is 150 Å². The Balaban J connectivity index is 2.14. The summed E-state index contributed by atoms with van der Waals surface area (Å²) in [6, 6.07) is 5.98. The molecule has 1 aromatic heterocycles. The van der Waals surface area contributed by atoms with E-state index in [-0.39, 0.29) is 11.4 Å². The molecule has 0 saturated heterocycles. The van der Waals surface area contributed by atoms with Gasteiger partial charge in [-0.05, 0) is 34.1 Å². The Morgan fingerprint density at radius 2 is 2.16 bits per heavy atom. The van der Waals surface area contributed by atoms with Crippen LogP contribution in [0.3, 0.4) is 0 Å². The van der Waals surface area contributed by atoms with E-state index in [2.05, 4.69) is 31.4 Å². The largest absolute Gasteiger partial charge is 0.493 e. The number of carbonyl (C=O) groups is 1. The molecule has 0 amide bonds. The van der Waals surface area contributed by atoms with Crippen LogP contribution in [-0.4, -0.2) is 29.2 Å². The first-order chi connectivity index (χ1) is 11.9. The smallest absolute Gasteiger partial charge is 0.308 e. The highest BCUT2D eigenvalue weighted by atomic mass is 79.9. The molecule has 0 saturated carbocycles. The van der Waals surface area contributed by atoms with Crippen molar-refractivity contribution in [2.45, 2.75) is 6.92 Å². The number of ether oxygens (including phenoxy) is 2. The van der Waals surface area contributed by atoms with Gasteiger partial charge in [0.1, 0.15) is 12.0 Å². The lowest BCUT2D eigenvalue weighted by atomic mass is 10.2. The van der Waals surface area contributed by atoms with Crippen molar-refractivity contribution in [2.75, 3.05) is 12.5 Å². The molecule has 25 heavy (non-hydrogen) atoms. The van der Waals surface area contributed by atoms with Crippen molar-refractivity contribution in [1.29, 1.82) is 0 Å². The quantitative estimate of drug-likeness (QED) is 0.256. The summed E-state index contributed by atoms with van der Waals surface area (Å²) < 4.78 is 10.9. The van der Waals surface area contributed by atoms with Crippen LogP contribution in [0, 0.1) is 10.1 Å².